The number of aliphatic imine (C=N–C) groups is 1. The van der Waals surface area contributed by atoms with E-state index in [0.29, 0.717) is 12.1 Å². The first kappa shape index (κ1) is 23.7. The Bertz CT molecular complexity index is 1010. The number of halogens is 1. The summed E-state index contributed by atoms with van der Waals surface area (Å²) in [7, 11) is 1.63. The molecule has 0 fully saturated rings. The van der Waals surface area contributed by atoms with Crippen LogP contribution in [0.25, 0.3) is 10.9 Å². The summed E-state index contributed by atoms with van der Waals surface area (Å²) < 4.78 is 0. The Hall–Kier alpha value is -2.55. The molecule has 6 nitrogen and oxygen atoms in total. The van der Waals surface area contributed by atoms with Gasteiger partial charge in [0.25, 0.3) is 5.91 Å². The molecule has 0 aliphatic rings. The fourth-order valence-corrected chi connectivity index (χ4v) is 3.29. The van der Waals surface area contributed by atoms with Crippen LogP contribution in [-0.4, -0.2) is 37.0 Å². The zero-order chi connectivity index (χ0) is 20.6. The molecule has 0 atom stereocenters. The summed E-state index contributed by atoms with van der Waals surface area (Å²) >= 11 is 0. The van der Waals surface area contributed by atoms with Crippen molar-refractivity contribution in [2.75, 3.05) is 20.1 Å². The molecule has 0 saturated heterocycles. The molecule has 0 bridgehead atoms. The van der Waals surface area contributed by atoms with Gasteiger partial charge in [0, 0.05) is 42.8 Å². The number of aryl methyl sites for hydroxylation is 1. The number of carbonyl (C=O) groups is 1. The van der Waals surface area contributed by atoms with E-state index >= 15 is 0 Å². The molecule has 1 amide bonds. The molecule has 0 unspecified atom stereocenters. The molecule has 0 saturated carbocycles. The third kappa shape index (κ3) is 6.22. The van der Waals surface area contributed by atoms with E-state index in [9.17, 15) is 4.79 Å². The maximum absolute atomic E-state index is 11.8. The lowest BCUT2D eigenvalue weighted by atomic mass is 10.1. The van der Waals surface area contributed by atoms with Gasteiger partial charge < -0.3 is 20.9 Å². The van der Waals surface area contributed by atoms with Crippen molar-refractivity contribution in [2.24, 2.45) is 4.99 Å². The van der Waals surface area contributed by atoms with Crippen LogP contribution in [0.15, 0.2) is 53.7 Å². The molecule has 1 aromatic heterocycles. The topological polar surface area (TPSA) is 81.3 Å². The maximum atomic E-state index is 11.8. The Morgan fingerprint density at radius 2 is 1.97 bits per heavy atom. The minimum absolute atomic E-state index is 0. The van der Waals surface area contributed by atoms with E-state index in [1.165, 1.54) is 22.0 Å². The van der Waals surface area contributed by atoms with Crippen LogP contribution >= 0.6 is 24.0 Å². The zero-order valence-corrected chi connectivity index (χ0v) is 20.0. The Kier molecular flexibility index (Phi) is 9.16. The van der Waals surface area contributed by atoms with Crippen LogP contribution in [0.1, 0.15) is 34.0 Å². The summed E-state index contributed by atoms with van der Waals surface area (Å²) in [6.45, 7) is 6.23. The molecule has 1 heterocycles. The number of nitrogens with zero attached hydrogens (tertiary/aromatic N) is 1. The van der Waals surface area contributed by atoms with Crippen LogP contribution in [-0.2, 0) is 13.0 Å². The number of rotatable bonds is 7. The van der Waals surface area contributed by atoms with Gasteiger partial charge in [-0.1, -0.05) is 24.3 Å². The molecule has 0 spiro atoms. The maximum Gasteiger partial charge on any atom is 0.251 e. The predicted octanol–water partition coefficient (Wildman–Crippen LogP) is 3.75. The van der Waals surface area contributed by atoms with E-state index in [0.717, 1.165) is 31.0 Å². The second kappa shape index (κ2) is 11.6. The van der Waals surface area contributed by atoms with Gasteiger partial charge >= 0.3 is 0 Å². The van der Waals surface area contributed by atoms with E-state index < -0.39 is 0 Å². The zero-order valence-electron chi connectivity index (χ0n) is 17.7. The highest BCUT2D eigenvalue weighted by molar-refractivity contribution is 14.0. The number of hydrogen-bond donors (Lipinski definition) is 4. The second-order valence-electron chi connectivity index (χ2n) is 7.01. The van der Waals surface area contributed by atoms with Crippen LogP contribution in [0, 0.1) is 6.92 Å². The molecule has 0 aliphatic carbocycles. The molecular weight excluding hydrogens is 489 g/mol. The SMILES string of the molecule is CCNC(=NCc1cccc(C(=O)NC)c1)NCCc1c[nH]c2cc(C)ccc12.I. The molecule has 30 heavy (non-hydrogen) atoms. The summed E-state index contributed by atoms with van der Waals surface area (Å²) in [5.74, 6) is 0.684. The minimum Gasteiger partial charge on any atom is -0.361 e. The normalized spacial score (nSPS) is 11.1. The number of guanidine groups is 1. The summed E-state index contributed by atoms with van der Waals surface area (Å²) in [6, 6.07) is 14.0. The quantitative estimate of drug-likeness (QED) is 0.218. The Morgan fingerprint density at radius 3 is 2.73 bits per heavy atom. The van der Waals surface area contributed by atoms with E-state index in [-0.39, 0.29) is 29.9 Å². The van der Waals surface area contributed by atoms with Crippen LogP contribution in [0.3, 0.4) is 0 Å². The third-order valence-electron chi connectivity index (χ3n) is 4.79. The van der Waals surface area contributed by atoms with Crippen molar-refractivity contribution in [3.63, 3.8) is 0 Å². The summed E-state index contributed by atoms with van der Waals surface area (Å²) in [6.07, 6.45) is 2.99. The summed E-state index contributed by atoms with van der Waals surface area (Å²) in [5.41, 5.74) is 5.37. The standard InChI is InChI=1S/C23H29N5O.HI/c1-4-25-23(28-14-17-6-5-7-18(13-17)22(29)24-3)26-11-10-19-15-27-21-12-16(2)8-9-20(19)21;/h5-9,12-13,15,27H,4,10-11,14H2,1-3H3,(H,24,29)(H2,25,26,28);1H. The average Bonchev–Trinajstić information content (AvgIpc) is 3.13. The number of carbonyl (C=O) groups excluding carboxylic acids is 1. The van der Waals surface area contributed by atoms with Crippen molar-refractivity contribution < 1.29 is 4.79 Å². The lowest BCUT2D eigenvalue weighted by molar-refractivity contribution is 0.0963. The molecule has 7 heteroatoms. The van der Waals surface area contributed by atoms with Gasteiger partial charge in [0.05, 0.1) is 6.54 Å². The number of hydrogen-bond acceptors (Lipinski definition) is 2. The van der Waals surface area contributed by atoms with Gasteiger partial charge in [0.15, 0.2) is 5.96 Å². The van der Waals surface area contributed by atoms with Gasteiger partial charge in [0.2, 0.25) is 0 Å². The summed E-state index contributed by atoms with van der Waals surface area (Å²) in [5, 5.41) is 10.6. The predicted molar refractivity (Wildman–Crippen MR) is 135 cm³/mol. The van der Waals surface area contributed by atoms with Gasteiger partial charge in [0.1, 0.15) is 0 Å². The second-order valence-corrected chi connectivity index (χ2v) is 7.01. The number of fused-ring (bicyclic) bond motifs is 1. The van der Waals surface area contributed by atoms with Gasteiger partial charge in [-0.3, -0.25) is 4.79 Å². The first-order valence-electron chi connectivity index (χ1n) is 10.0. The van der Waals surface area contributed by atoms with Crippen molar-refractivity contribution in [2.45, 2.75) is 26.8 Å². The van der Waals surface area contributed by atoms with E-state index in [1.807, 2.05) is 25.1 Å². The molecule has 4 N–H and O–H groups in total. The number of amides is 1. The molecule has 0 radical (unpaired) electrons. The fraction of sp³-hybridized carbons (Fsp3) is 0.304. The first-order chi connectivity index (χ1) is 14.1. The number of benzene rings is 2. The average molecular weight is 519 g/mol. The first-order valence-corrected chi connectivity index (χ1v) is 10.0. The number of aromatic nitrogens is 1. The van der Waals surface area contributed by atoms with Crippen molar-refractivity contribution >= 4 is 46.7 Å². The molecule has 3 aromatic rings. The van der Waals surface area contributed by atoms with Crippen LogP contribution in [0.5, 0.6) is 0 Å². The molecule has 2 aromatic carbocycles. The highest BCUT2D eigenvalue weighted by Crippen LogP contribution is 2.19. The van der Waals surface area contributed by atoms with Gasteiger partial charge in [-0.05, 0) is 55.2 Å². The van der Waals surface area contributed by atoms with E-state index in [4.69, 9.17) is 0 Å². The number of nitrogens with one attached hydrogen (secondary N) is 4. The molecule has 0 aliphatic heterocycles. The Morgan fingerprint density at radius 1 is 1.13 bits per heavy atom. The van der Waals surface area contributed by atoms with Crippen molar-refractivity contribution in [3.05, 3.63) is 70.9 Å². The Labute approximate surface area is 195 Å². The monoisotopic (exact) mass is 519 g/mol. The third-order valence-corrected chi connectivity index (χ3v) is 4.79. The molecular formula is C23H30IN5O. The van der Waals surface area contributed by atoms with Gasteiger partial charge in [-0.15, -0.1) is 24.0 Å². The highest BCUT2D eigenvalue weighted by Gasteiger charge is 2.06. The fourth-order valence-electron chi connectivity index (χ4n) is 3.29. The van der Waals surface area contributed by atoms with E-state index in [2.05, 4.69) is 57.2 Å². The Balaban J connectivity index is 0.00000320. The molecule has 160 valence electrons. The lowest BCUT2D eigenvalue weighted by Crippen LogP contribution is -2.38. The smallest absolute Gasteiger partial charge is 0.251 e. The minimum atomic E-state index is -0.0882. The largest absolute Gasteiger partial charge is 0.361 e. The van der Waals surface area contributed by atoms with Crippen LogP contribution in [0.4, 0.5) is 0 Å². The number of H-pyrrole nitrogens is 1. The van der Waals surface area contributed by atoms with E-state index in [1.54, 1.807) is 13.1 Å². The summed E-state index contributed by atoms with van der Waals surface area (Å²) in [4.78, 5) is 19.8. The highest BCUT2D eigenvalue weighted by atomic mass is 127. The lowest BCUT2D eigenvalue weighted by Gasteiger charge is -2.11. The molecule has 3 rings (SSSR count). The van der Waals surface area contributed by atoms with Crippen molar-refractivity contribution in [1.82, 2.24) is 20.9 Å². The van der Waals surface area contributed by atoms with Gasteiger partial charge in [-0.2, -0.15) is 0 Å². The van der Waals surface area contributed by atoms with Gasteiger partial charge in [-0.25, -0.2) is 4.99 Å². The van der Waals surface area contributed by atoms with Crippen molar-refractivity contribution in [1.29, 1.82) is 0 Å². The van der Waals surface area contributed by atoms with Crippen LogP contribution < -0.4 is 16.0 Å². The number of aromatic amines is 1. The van der Waals surface area contributed by atoms with Crippen LogP contribution in [0.2, 0.25) is 0 Å². The van der Waals surface area contributed by atoms with Crippen molar-refractivity contribution in [3.8, 4) is 0 Å².